The molecule has 3 rings (SSSR count). The molecule has 23 heavy (non-hydrogen) atoms. The van der Waals surface area contributed by atoms with Crippen LogP contribution in [0.2, 0.25) is 0 Å². The maximum Gasteiger partial charge on any atom is 0.259 e. The van der Waals surface area contributed by atoms with Gasteiger partial charge in [-0.05, 0) is 56.5 Å². The highest BCUT2D eigenvalue weighted by Crippen LogP contribution is 2.25. The molecule has 1 amide bonds. The zero-order valence-electron chi connectivity index (χ0n) is 13.1. The number of furan rings is 1. The minimum Gasteiger partial charge on any atom is -0.488 e. The van der Waals surface area contributed by atoms with E-state index in [2.05, 4.69) is 5.32 Å². The Balaban J connectivity index is 1.61. The number of carbonyl (C=O) groups is 1. The van der Waals surface area contributed by atoms with E-state index in [1.54, 1.807) is 37.3 Å². The first kappa shape index (κ1) is 15.6. The molecule has 0 bridgehead atoms. The number of benzene rings is 1. The Morgan fingerprint density at radius 1 is 1.22 bits per heavy atom. The van der Waals surface area contributed by atoms with Gasteiger partial charge in [-0.25, -0.2) is 0 Å². The normalized spacial score (nSPS) is 21.0. The highest BCUT2D eigenvalue weighted by atomic mass is 16.5. The van der Waals surface area contributed by atoms with Crippen molar-refractivity contribution in [2.24, 2.45) is 0 Å². The third kappa shape index (κ3) is 3.74. The molecule has 0 aliphatic heterocycles. The van der Waals surface area contributed by atoms with Crippen LogP contribution >= 0.6 is 0 Å². The summed E-state index contributed by atoms with van der Waals surface area (Å²) >= 11 is 0. The van der Waals surface area contributed by atoms with Crippen LogP contribution in [0.5, 0.6) is 5.75 Å². The molecule has 0 spiro atoms. The molecule has 0 saturated heterocycles. The van der Waals surface area contributed by atoms with Crippen molar-refractivity contribution < 1.29 is 19.1 Å². The Kier molecular flexibility index (Phi) is 4.67. The molecule has 1 aromatic carbocycles. The summed E-state index contributed by atoms with van der Waals surface area (Å²) in [5, 5.41) is 12.8. The second-order valence-electron chi connectivity index (χ2n) is 5.88. The topological polar surface area (TPSA) is 71.7 Å². The van der Waals surface area contributed by atoms with Crippen LogP contribution < -0.4 is 10.1 Å². The third-order valence-corrected chi connectivity index (χ3v) is 4.17. The lowest BCUT2D eigenvalue weighted by molar-refractivity contribution is 0.00688. The quantitative estimate of drug-likeness (QED) is 0.905. The maximum atomic E-state index is 12.1. The van der Waals surface area contributed by atoms with Crippen LogP contribution in [0, 0.1) is 6.92 Å². The van der Waals surface area contributed by atoms with Gasteiger partial charge >= 0.3 is 0 Å². The van der Waals surface area contributed by atoms with E-state index in [1.807, 2.05) is 0 Å². The number of amides is 1. The fraction of sp³-hybridized carbons (Fsp3) is 0.389. The molecule has 1 aliphatic rings. The highest BCUT2D eigenvalue weighted by Gasteiger charge is 2.24. The summed E-state index contributed by atoms with van der Waals surface area (Å²) in [7, 11) is 0. The number of carbonyl (C=O) groups excluding carboxylic acids is 1. The molecule has 5 nitrogen and oxygen atoms in total. The van der Waals surface area contributed by atoms with Crippen molar-refractivity contribution in [2.75, 3.05) is 5.32 Å². The van der Waals surface area contributed by atoms with Crippen molar-refractivity contribution in [3.05, 3.63) is 47.9 Å². The Bertz CT molecular complexity index is 662. The van der Waals surface area contributed by atoms with Crippen molar-refractivity contribution in [3.63, 3.8) is 0 Å². The van der Waals surface area contributed by atoms with E-state index in [4.69, 9.17) is 9.15 Å². The predicted molar refractivity (Wildman–Crippen MR) is 86.7 cm³/mol. The minimum absolute atomic E-state index is 0.141. The monoisotopic (exact) mass is 315 g/mol. The van der Waals surface area contributed by atoms with Crippen LogP contribution in [0.4, 0.5) is 5.69 Å². The number of aliphatic hydroxyl groups is 1. The zero-order valence-corrected chi connectivity index (χ0v) is 13.1. The second kappa shape index (κ2) is 6.87. The number of aryl methyl sites for hydroxylation is 1. The van der Waals surface area contributed by atoms with E-state index >= 15 is 0 Å². The predicted octanol–water partition coefficient (Wildman–Crippen LogP) is 3.52. The first-order valence-corrected chi connectivity index (χ1v) is 7.94. The summed E-state index contributed by atoms with van der Waals surface area (Å²) in [6, 6.07) is 8.83. The van der Waals surface area contributed by atoms with Crippen LogP contribution in [0.3, 0.4) is 0 Å². The number of hydrogen-bond donors (Lipinski definition) is 2. The van der Waals surface area contributed by atoms with E-state index in [0.717, 1.165) is 25.7 Å². The average molecular weight is 315 g/mol. The van der Waals surface area contributed by atoms with Gasteiger partial charge in [-0.2, -0.15) is 0 Å². The molecule has 5 heteroatoms. The van der Waals surface area contributed by atoms with E-state index in [-0.39, 0.29) is 12.0 Å². The molecule has 1 saturated carbocycles. The first-order valence-electron chi connectivity index (χ1n) is 7.94. The Hall–Kier alpha value is -2.27. The van der Waals surface area contributed by atoms with E-state index in [0.29, 0.717) is 22.8 Å². The van der Waals surface area contributed by atoms with E-state index < -0.39 is 6.10 Å². The summed E-state index contributed by atoms with van der Waals surface area (Å²) in [4.78, 5) is 12.1. The number of rotatable bonds is 4. The smallest absolute Gasteiger partial charge is 0.259 e. The fourth-order valence-electron chi connectivity index (χ4n) is 2.83. The summed E-state index contributed by atoms with van der Waals surface area (Å²) in [6.45, 7) is 1.75. The van der Waals surface area contributed by atoms with Crippen LogP contribution in [0.1, 0.15) is 41.8 Å². The van der Waals surface area contributed by atoms with Gasteiger partial charge in [0.25, 0.3) is 5.91 Å². The third-order valence-electron chi connectivity index (χ3n) is 4.17. The number of nitrogens with one attached hydrogen (secondary N) is 1. The van der Waals surface area contributed by atoms with Crippen LogP contribution in [-0.2, 0) is 0 Å². The number of aliphatic hydroxyl groups excluding tert-OH is 1. The molecule has 2 unspecified atom stereocenters. The fourth-order valence-corrected chi connectivity index (χ4v) is 2.83. The van der Waals surface area contributed by atoms with Gasteiger partial charge in [0.15, 0.2) is 0 Å². The lowest BCUT2D eigenvalue weighted by atomic mass is 9.95. The van der Waals surface area contributed by atoms with Crippen LogP contribution in [-0.4, -0.2) is 23.2 Å². The van der Waals surface area contributed by atoms with Crippen molar-refractivity contribution in [2.45, 2.75) is 44.8 Å². The summed E-state index contributed by atoms with van der Waals surface area (Å²) in [5.74, 6) is 1.09. The van der Waals surface area contributed by atoms with Gasteiger partial charge in [0.05, 0.1) is 17.9 Å². The summed E-state index contributed by atoms with van der Waals surface area (Å²) in [6.07, 6.45) is 4.77. The molecular formula is C18H21NO4. The number of ether oxygens (including phenoxy) is 1. The zero-order chi connectivity index (χ0) is 16.2. The van der Waals surface area contributed by atoms with Crippen LogP contribution in [0.15, 0.2) is 41.0 Å². The Morgan fingerprint density at radius 3 is 2.61 bits per heavy atom. The molecule has 1 fully saturated rings. The molecule has 122 valence electrons. The summed E-state index contributed by atoms with van der Waals surface area (Å²) in [5.41, 5.74) is 1.21. The van der Waals surface area contributed by atoms with Crippen molar-refractivity contribution in [3.8, 4) is 5.75 Å². The first-order chi connectivity index (χ1) is 11.1. The lowest BCUT2D eigenvalue weighted by Gasteiger charge is -2.28. The van der Waals surface area contributed by atoms with E-state index in [9.17, 15) is 9.90 Å². The SMILES string of the molecule is Cc1occc1C(=O)Nc1ccc(OC2CCCCC2O)cc1. The lowest BCUT2D eigenvalue weighted by Crippen LogP contribution is -2.34. The molecule has 1 heterocycles. The van der Waals surface area contributed by atoms with Gasteiger partial charge in [0.1, 0.15) is 17.6 Å². The molecular weight excluding hydrogens is 294 g/mol. The van der Waals surface area contributed by atoms with Gasteiger partial charge in [0, 0.05) is 5.69 Å². The minimum atomic E-state index is -0.396. The van der Waals surface area contributed by atoms with Gasteiger partial charge in [0.2, 0.25) is 0 Å². The van der Waals surface area contributed by atoms with Gasteiger partial charge < -0.3 is 19.6 Å². The Labute approximate surface area is 135 Å². The standard InChI is InChI=1S/C18H21NO4/c1-12-15(10-11-22-12)18(21)19-13-6-8-14(9-7-13)23-17-5-3-2-4-16(17)20/h6-11,16-17,20H,2-5H2,1H3,(H,19,21). The van der Waals surface area contributed by atoms with Crippen molar-refractivity contribution >= 4 is 11.6 Å². The van der Waals surface area contributed by atoms with Crippen molar-refractivity contribution in [1.82, 2.24) is 0 Å². The van der Waals surface area contributed by atoms with E-state index in [1.165, 1.54) is 6.26 Å². The summed E-state index contributed by atoms with van der Waals surface area (Å²) < 4.78 is 11.0. The molecule has 1 aromatic heterocycles. The van der Waals surface area contributed by atoms with Crippen molar-refractivity contribution in [1.29, 1.82) is 0 Å². The second-order valence-corrected chi connectivity index (χ2v) is 5.88. The molecule has 1 aliphatic carbocycles. The van der Waals surface area contributed by atoms with Crippen LogP contribution in [0.25, 0.3) is 0 Å². The largest absolute Gasteiger partial charge is 0.488 e. The Morgan fingerprint density at radius 2 is 1.96 bits per heavy atom. The van der Waals surface area contributed by atoms with Gasteiger partial charge in [-0.15, -0.1) is 0 Å². The molecule has 0 radical (unpaired) electrons. The maximum absolute atomic E-state index is 12.1. The number of anilines is 1. The molecule has 2 aromatic rings. The van der Waals surface area contributed by atoms with Gasteiger partial charge in [-0.1, -0.05) is 6.42 Å². The molecule has 2 atom stereocenters. The number of hydrogen-bond acceptors (Lipinski definition) is 4. The highest BCUT2D eigenvalue weighted by molar-refractivity contribution is 6.04. The molecule has 2 N–H and O–H groups in total. The van der Waals surface area contributed by atoms with Gasteiger partial charge in [-0.3, -0.25) is 4.79 Å². The average Bonchev–Trinajstić information content (AvgIpc) is 2.98.